The predicted octanol–water partition coefficient (Wildman–Crippen LogP) is -0.335. The summed E-state index contributed by atoms with van der Waals surface area (Å²) < 4.78 is 29.3. The molecule has 0 radical (unpaired) electrons. The van der Waals surface area contributed by atoms with Crippen LogP contribution in [-0.4, -0.2) is 42.2 Å². The summed E-state index contributed by atoms with van der Waals surface area (Å²) in [4.78, 5) is 11.0. The van der Waals surface area contributed by atoms with Crippen LogP contribution in [0.15, 0.2) is 17.3 Å². The summed E-state index contributed by atoms with van der Waals surface area (Å²) in [5.41, 5.74) is 0. The van der Waals surface area contributed by atoms with Crippen molar-refractivity contribution in [3.05, 3.63) is 12.3 Å². The van der Waals surface area contributed by atoms with Gasteiger partial charge in [-0.3, -0.25) is 9.89 Å². The number of nitrogens with one attached hydrogen (secondary N) is 2. The highest BCUT2D eigenvalue weighted by atomic mass is 127. The molecule has 0 aliphatic carbocycles. The number of carbonyl (C=O) groups excluding carboxylic acids is 1. The number of halogens is 1. The summed E-state index contributed by atoms with van der Waals surface area (Å²) in [6.45, 7) is -0.0331. The Hall–Kier alpha value is -0.680. The largest absolute Gasteiger partial charge is 0.468 e. The molecule has 1 unspecified atom stereocenters. The third-order valence-corrected chi connectivity index (χ3v) is 3.98. The van der Waals surface area contributed by atoms with Gasteiger partial charge in [0.05, 0.1) is 13.3 Å². The average molecular weight is 359 g/mol. The fourth-order valence-corrected chi connectivity index (χ4v) is 2.59. The number of aromatic amines is 1. The van der Waals surface area contributed by atoms with E-state index in [1.54, 1.807) is 22.6 Å². The maximum atomic E-state index is 11.6. The molecule has 0 saturated carbocycles. The van der Waals surface area contributed by atoms with Gasteiger partial charge in [-0.15, -0.1) is 0 Å². The van der Waals surface area contributed by atoms with E-state index in [9.17, 15) is 13.2 Å². The summed E-state index contributed by atoms with van der Waals surface area (Å²) in [5.74, 6) is -0.479. The molecule has 9 heteroatoms. The Morgan fingerprint density at radius 1 is 1.75 bits per heavy atom. The molecule has 0 saturated heterocycles. The number of hydrogen-bond donors (Lipinski definition) is 2. The van der Waals surface area contributed by atoms with Crippen LogP contribution in [0.2, 0.25) is 0 Å². The minimum absolute atomic E-state index is 0.0331. The van der Waals surface area contributed by atoms with Gasteiger partial charge in [-0.05, 0) is 6.07 Å². The summed E-state index contributed by atoms with van der Waals surface area (Å²) in [6, 6.07) is 1.32. The number of sulfonamides is 1. The lowest BCUT2D eigenvalue weighted by atomic mass is 10.4. The number of rotatable bonds is 5. The maximum Gasteiger partial charge on any atom is 0.319 e. The summed E-state index contributed by atoms with van der Waals surface area (Å²) >= 11 is 1.80. The molecule has 0 spiro atoms. The van der Waals surface area contributed by atoms with Crippen molar-refractivity contribution in [3.63, 3.8) is 0 Å². The zero-order valence-corrected chi connectivity index (χ0v) is 11.3. The molecule has 0 aliphatic heterocycles. The third kappa shape index (κ3) is 3.42. The van der Waals surface area contributed by atoms with E-state index in [1.807, 2.05) is 0 Å². The van der Waals surface area contributed by atoms with Crippen molar-refractivity contribution < 1.29 is 17.9 Å². The first kappa shape index (κ1) is 13.4. The number of hydrogen-bond acceptors (Lipinski definition) is 5. The molecule has 0 bridgehead atoms. The smallest absolute Gasteiger partial charge is 0.319 e. The predicted molar refractivity (Wildman–Crippen MR) is 63.6 cm³/mol. The van der Waals surface area contributed by atoms with Crippen LogP contribution in [0.25, 0.3) is 0 Å². The fourth-order valence-electron chi connectivity index (χ4n) is 0.865. The van der Waals surface area contributed by atoms with Crippen LogP contribution in [0, 0.1) is 0 Å². The van der Waals surface area contributed by atoms with Gasteiger partial charge in [0, 0.05) is 6.54 Å². The number of carbonyl (C=O) groups is 1. The van der Waals surface area contributed by atoms with Gasteiger partial charge in [-0.1, -0.05) is 22.6 Å². The molecule has 7 nitrogen and oxygen atoms in total. The number of ether oxygens (including phenoxy) is 1. The van der Waals surface area contributed by atoms with Gasteiger partial charge in [-0.25, -0.2) is 13.1 Å². The fraction of sp³-hybridized carbons (Fsp3) is 0.429. The second kappa shape index (κ2) is 5.59. The van der Waals surface area contributed by atoms with Gasteiger partial charge in [0.15, 0.2) is 5.03 Å². The van der Waals surface area contributed by atoms with Gasteiger partial charge in [0.25, 0.3) is 10.0 Å². The van der Waals surface area contributed by atoms with Crippen molar-refractivity contribution in [2.75, 3.05) is 13.7 Å². The van der Waals surface area contributed by atoms with Crippen molar-refractivity contribution in [2.24, 2.45) is 0 Å². The summed E-state index contributed by atoms with van der Waals surface area (Å²) in [5, 5.41) is 5.81. The first-order chi connectivity index (χ1) is 7.47. The number of alkyl halides is 1. The van der Waals surface area contributed by atoms with E-state index in [4.69, 9.17) is 0 Å². The Morgan fingerprint density at radius 2 is 2.44 bits per heavy atom. The van der Waals surface area contributed by atoms with Crippen LogP contribution >= 0.6 is 22.6 Å². The van der Waals surface area contributed by atoms with E-state index in [0.29, 0.717) is 0 Å². The SMILES string of the molecule is COC(=O)C(I)CNS(=O)(=O)c1ccn[nH]1. The van der Waals surface area contributed by atoms with Crippen LogP contribution in [0.1, 0.15) is 0 Å². The maximum absolute atomic E-state index is 11.6. The quantitative estimate of drug-likeness (QED) is 0.426. The lowest BCUT2D eigenvalue weighted by Crippen LogP contribution is -2.34. The van der Waals surface area contributed by atoms with E-state index >= 15 is 0 Å². The highest BCUT2D eigenvalue weighted by Crippen LogP contribution is 2.05. The second-order valence-electron chi connectivity index (χ2n) is 2.76. The van der Waals surface area contributed by atoms with Crippen LogP contribution in [0.3, 0.4) is 0 Å². The van der Waals surface area contributed by atoms with Crippen molar-refractivity contribution >= 4 is 38.6 Å². The number of H-pyrrole nitrogens is 1. The lowest BCUT2D eigenvalue weighted by Gasteiger charge is -2.08. The Bertz CT molecular complexity index is 444. The number of aromatic nitrogens is 2. The van der Waals surface area contributed by atoms with Crippen LogP contribution < -0.4 is 4.72 Å². The minimum atomic E-state index is -3.63. The number of methoxy groups -OCH3 is 1. The molecule has 1 heterocycles. The van der Waals surface area contributed by atoms with Crippen molar-refractivity contribution in [1.29, 1.82) is 0 Å². The van der Waals surface area contributed by atoms with Crippen molar-refractivity contribution in [3.8, 4) is 0 Å². The normalized spacial score (nSPS) is 13.4. The molecule has 90 valence electrons. The van der Waals surface area contributed by atoms with E-state index in [-0.39, 0.29) is 11.6 Å². The van der Waals surface area contributed by atoms with Gasteiger partial charge >= 0.3 is 5.97 Å². The number of nitrogens with zero attached hydrogens (tertiary/aromatic N) is 1. The first-order valence-electron chi connectivity index (χ1n) is 4.18. The van der Waals surface area contributed by atoms with Crippen LogP contribution in [-0.2, 0) is 19.6 Å². The Labute approximate surface area is 106 Å². The highest BCUT2D eigenvalue weighted by Gasteiger charge is 2.20. The Morgan fingerprint density at radius 3 is 2.94 bits per heavy atom. The van der Waals surface area contributed by atoms with Crippen LogP contribution in [0.5, 0.6) is 0 Å². The van der Waals surface area contributed by atoms with Gasteiger partial charge in [0.2, 0.25) is 0 Å². The zero-order chi connectivity index (χ0) is 12.2. The molecule has 0 amide bonds. The Kier molecular flexibility index (Phi) is 4.68. The van der Waals surface area contributed by atoms with E-state index in [2.05, 4.69) is 19.7 Å². The van der Waals surface area contributed by atoms with Gasteiger partial charge < -0.3 is 4.74 Å². The standard InChI is InChI=1S/C7H10IN3O4S/c1-15-7(12)5(8)4-10-16(13,14)6-2-3-9-11-6/h2-3,5,10H,4H2,1H3,(H,9,11). The zero-order valence-electron chi connectivity index (χ0n) is 8.31. The molecule has 0 aromatic carbocycles. The second-order valence-corrected chi connectivity index (χ2v) is 6.00. The van der Waals surface area contributed by atoms with E-state index in [1.165, 1.54) is 19.4 Å². The molecular weight excluding hydrogens is 349 g/mol. The van der Waals surface area contributed by atoms with E-state index < -0.39 is 19.9 Å². The van der Waals surface area contributed by atoms with E-state index in [0.717, 1.165) is 0 Å². The highest BCUT2D eigenvalue weighted by molar-refractivity contribution is 14.1. The molecule has 2 N–H and O–H groups in total. The molecular formula is C7H10IN3O4S. The first-order valence-corrected chi connectivity index (χ1v) is 6.91. The molecule has 1 rings (SSSR count). The molecule has 0 aliphatic rings. The van der Waals surface area contributed by atoms with Crippen molar-refractivity contribution in [2.45, 2.75) is 8.95 Å². The van der Waals surface area contributed by atoms with Crippen molar-refractivity contribution in [1.82, 2.24) is 14.9 Å². The topological polar surface area (TPSA) is 101 Å². The third-order valence-electron chi connectivity index (χ3n) is 1.67. The molecule has 1 aromatic heterocycles. The average Bonchev–Trinajstić information content (AvgIpc) is 2.78. The van der Waals surface area contributed by atoms with Crippen LogP contribution in [0.4, 0.5) is 0 Å². The lowest BCUT2D eigenvalue weighted by molar-refractivity contribution is -0.139. The molecule has 1 aromatic rings. The van der Waals surface area contributed by atoms with Gasteiger partial charge in [0.1, 0.15) is 3.92 Å². The van der Waals surface area contributed by atoms with Gasteiger partial charge in [-0.2, -0.15) is 5.10 Å². The summed E-state index contributed by atoms with van der Waals surface area (Å²) in [6.07, 6.45) is 1.33. The molecule has 16 heavy (non-hydrogen) atoms. The molecule has 0 fully saturated rings. The molecule has 1 atom stereocenters. The summed E-state index contributed by atoms with van der Waals surface area (Å²) in [7, 11) is -2.39. The monoisotopic (exact) mass is 359 g/mol. The Balaban J connectivity index is 2.59. The number of esters is 1. The minimum Gasteiger partial charge on any atom is -0.468 e.